The maximum Gasteiger partial charge on any atom is 1.00 e. The number of carbonyl (C=O) groups excluding carboxylic acids is 3. The van der Waals surface area contributed by atoms with E-state index in [0.717, 1.165) is 9.80 Å². The molecule has 0 spiro atoms. The van der Waals surface area contributed by atoms with Crippen molar-refractivity contribution in [2.24, 2.45) is 0 Å². The molecule has 0 fully saturated rings. The fourth-order valence-corrected chi connectivity index (χ4v) is 1.45. The Labute approximate surface area is 280 Å². The van der Waals surface area contributed by atoms with Crippen LogP contribution in [-0.2, 0) is 38.4 Å². The summed E-state index contributed by atoms with van der Waals surface area (Å²) >= 11 is 0. The largest absolute Gasteiger partial charge is 1.00 e. The summed E-state index contributed by atoms with van der Waals surface area (Å²) in [5.74, 6) is -5.82. The molecule has 0 aromatic rings. The summed E-state index contributed by atoms with van der Waals surface area (Å²) in [5, 5.41) is 39.8. The molecule has 0 aliphatic heterocycles. The molecule has 0 amide bonds. The number of hydrogen-bond donors (Lipinski definition) is 3. The Balaban J connectivity index is -0.0000000912. The van der Waals surface area contributed by atoms with E-state index in [9.17, 15) is 47.1 Å². The van der Waals surface area contributed by atoms with Crippen LogP contribution < -0.4 is 146 Å². The SMILES string of the molecule is O=C([O-])CN(CCN(CC(=O)[O-])CC(=O)O)CC(=O)[O-].O=S(O)S(=O)(=O)O.[Cl-].[Na+].[Na+].[Na+].[Na+]. The second-order valence-electron chi connectivity index (χ2n) is 4.58. The van der Waals surface area contributed by atoms with Crippen molar-refractivity contribution in [3.8, 4) is 0 Å². The van der Waals surface area contributed by atoms with Crippen LogP contribution in [0.15, 0.2) is 0 Å². The molecular weight excluding hydrogens is 548 g/mol. The third kappa shape index (κ3) is 36.7. The monoisotopic (exact) mass is 562 g/mol. The van der Waals surface area contributed by atoms with Gasteiger partial charge in [0.1, 0.15) is 0 Å². The fraction of sp³-hybridized carbons (Fsp3) is 0.600. The zero-order chi connectivity index (χ0) is 21.8. The van der Waals surface area contributed by atoms with E-state index in [0.29, 0.717) is 0 Å². The van der Waals surface area contributed by atoms with Crippen LogP contribution in [0.3, 0.4) is 0 Å². The van der Waals surface area contributed by atoms with E-state index in [1.807, 2.05) is 0 Å². The minimum absolute atomic E-state index is 0. The van der Waals surface area contributed by atoms with E-state index in [1.165, 1.54) is 0 Å². The van der Waals surface area contributed by atoms with Crippen LogP contribution in [-0.4, -0.2) is 99.8 Å². The fourth-order valence-electron chi connectivity index (χ4n) is 1.45. The quantitative estimate of drug-likeness (QED) is 0.0863. The molecule has 0 rings (SSSR count). The Morgan fingerprint density at radius 1 is 0.750 bits per heavy atom. The molecule has 0 aromatic carbocycles. The molecule has 0 bridgehead atoms. The predicted molar refractivity (Wildman–Crippen MR) is 77.9 cm³/mol. The van der Waals surface area contributed by atoms with Crippen LogP contribution in [0.1, 0.15) is 0 Å². The number of nitrogens with zero attached hydrogens (tertiary/aromatic N) is 2. The molecule has 0 aromatic heterocycles. The minimum Gasteiger partial charge on any atom is -1.00 e. The van der Waals surface area contributed by atoms with Gasteiger partial charge < -0.3 is 47.2 Å². The van der Waals surface area contributed by atoms with Crippen LogP contribution >= 0.6 is 0 Å². The van der Waals surface area contributed by atoms with Crippen molar-refractivity contribution in [1.29, 1.82) is 0 Å². The van der Waals surface area contributed by atoms with Gasteiger partial charge in [0, 0.05) is 32.7 Å². The summed E-state index contributed by atoms with van der Waals surface area (Å²) in [6, 6.07) is 0. The molecular formula is C10H15ClN2Na4O13S2. The molecule has 0 heterocycles. The summed E-state index contributed by atoms with van der Waals surface area (Å²) < 4.78 is 43.0. The number of carboxylic acid groups (broad SMARTS) is 4. The maximum atomic E-state index is 10.5. The van der Waals surface area contributed by atoms with Crippen molar-refractivity contribution in [2.45, 2.75) is 0 Å². The van der Waals surface area contributed by atoms with Crippen molar-refractivity contribution in [1.82, 2.24) is 9.80 Å². The average Bonchev–Trinajstić information content (AvgIpc) is 2.41. The molecule has 22 heteroatoms. The Morgan fingerprint density at radius 2 is 0.969 bits per heavy atom. The van der Waals surface area contributed by atoms with E-state index in [4.69, 9.17) is 14.2 Å². The predicted octanol–water partition coefficient (Wildman–Crippen LogP) is -22.0. The Hall–Kier alpha value is 2.11. The smallest absolute Gasteiger partial charge is 1.00 e. The first kappa shape index (κ1) is 50.9. The molecule has 0 aliphatic rings. The molecule has 166 valence electrons. The summed E-state index contributed by atoms with van der Waals surface area (Å²) in [6.45, 7) is -3.00. The van der Waals surface area contributed by atoms with Gasteiger partial charge in [-0.05, 0) is 0 Å². The van der Waals surface area contributed by atoms with Crippen molar-refractivity contribution in [3.63, 3.8) is 0 Å². The van der Waals surface area contributed by atoms with Crippen molar-refractivity contribution < 1.29 is 192 Å². The van der Waals surface area contributed by atoms with Crippen molar-refractivity contribution in [3.05, 3.63) is 0 Å². The zero-order valence-electron chi connectivity index (χ0n) is 17.8. The van der Waals surface area contributed by atoms with Crippen LogP contribution in [0.2, 0.25) is 0 Å². The topological polar surface area (TPSA) is 256 Å². The number of rotatable bonds is 12. The first-order chi connectivity index (χ1) is 12.1. The third-order valence-corrected chi connectivity index (χ3v) is 3.77. The van der Waals surface area contributed by atoms with E-state index in [2.05, 4.69) is 0 Å². The molecule has 0 saturated carbocycles. The number of halogens is 1. The minimum atomic E-state index is -4.71. The van der Waals surface area contributed by atoms with Gasteiger partial charge in [0.05, 0.1) is 24.5 Å². The van der Waals surface area contributed by atoms with Crippen LogP contribution in [0, 0.1) is 0 Å². The molecule has 1 atom stereocenters. The maximum absolute atomic E-state index is 10.5. The number of hydrogen-bond acceptors (Lipinski definition) is 12. The number of carboxylic acids is 4. The number of aliphatic carboxylic acids is 4. The second kappa shape index (κ2) is 27.7. The van der Waals surface area contributed by atoms with Gasteiger partial charge in [0.15, 0.2) is 0 Å². The molecule has 3 N–H and O–H groups in total. The summed E-state index contributed by atoms with van der Waals surface area (Å²) in [6.07, 6.45) is 0. The second-order valence-corrected chi connectivity index (χ2v) is 7.98. The van der Waals surface area contributed by atoms with Gasteiger partial charge in [-0.2, -0.15) is 8.42 Å². The molecule has 0 radical (unpaired) electrons. The Kier molecular flexibility index (Phi) is 44.0. The van der Waals surface area contributed by atoms with Gasteiger partial charge in [-0.3, -0.25) is 23.7 Å². The van der Waals surface area contributed by atoms with E-state index in [-0.39, 0.29) is 144 Å². The first-order valence-electron chi connectivity index (χ1n) is 6.50. The molecule has 32 heavy (non-hydrogen) atoms. The van der Waals surface area contributed by atoms with Gasteiger partial charge in [-0.15, -0.1) is 0 Å². The van der Waals surface area contributed by atoms with E-state index < -0.39 is 69.3 Å². The van der Waals surface area contributed by atoms with Crippen molar-refractivity contribution in [2.75, 3.05) is 39.3 Å². The van der Waals surface area contributed by atoms with Crippen LogP contribution in [0.5, 0.6) is 0 Å². The first-order valence-corrected chi connectivity index (χ1v) is 9.56. The van der Waals surface area contributed by atoms with Gasteiger partial charge >= 0.3 is 143 Å². The standard InChI is InChI=1S/C10H16N2O8.ClH.4Na.H2O5S2/c13-7(14)3-11(4-8(15)16)1-2-12(5-9(17)18)6-10(19)20;;;;;;1-6(2)7(3,4)5/h1-6H2,(H,13,14)(H,15,16)(H,17,18)(H,19,20);1H;;;;;(H,1,2)(H,3,4,5)/q;;4*+1;/p-4. The molecule has 0 aliphatic carbocycles. The van der Waals surface area contributed by atoms with Crippen molar-refractivity contribution >= 4 is 43.1 Å². The number of carbonyl (C=O) groups is 4. The summed E-state index contributed by atoms with van der Waals surface area (Å²) in [7, 11) is -7.87. The Morgan fingerprint density at radius 3 is 1.12 bits per heavy atom. The average molecular weight is 563 g/mol. The van der Waals surface area contributed by atoms with Gasteiger partial charge in [-0.25, -0.2) is 4.21 Å². The van der Waals surface area contributed by atoms with Gasteiger partial charge in [-0.1, -0.05) is 0 Å². The zero-order valence-corrected chi connectivity index (χ0v) is 28.1. The Bertz CT molecular complexity index is 618. The van der Waals surface area contributed by atoms with Crippen LogP contribution in [0.25, 0.3) is 0 Å². The van der Waals surface area contributed by atoms with Crippen LogP contribution in [0.4, 0.5) is 0 Å². The van der Waals surface area contributed by atoms with E-state index in [1.54, 1.807) is 0 Å². The third-order valence-electron chi connectivity index (χ3n) is 2.33. The van der Waals surface area contributed by atoms with Gasteiger partial charge in [0.25, 0.3) is 0 Å². The normalized spacial score (nSPS) is 10.2. The van der Waals surface area contributed by atoms with Gasteiger partial charge in [0.2, 0.25) is 0 Å². The summed E-state index contributed by atoms with van der Waals surface area (Å²) in [4.78, 5) is 43.7. The molecule has 1 unspecified atom stereocenters. The summed E-state index contributed by atoms with van der Waals surface area (Å²) in [5.41, 5.74) is 0. The molecule has 0 saturated heterocycles. The molecule has 15 nitrogen and oxygen atoms in total. The van der Waals surface area contributed by atoms with E-state index >= 15 is 0 Å².